The van der Waals surface area contributed by atoms with Crippen molar-refractivity contribution in [3.8, 4) is 0 Å². The highest BCUT2D eigenvalue weighted by Crippen LogP contribution is 2.26. The first kappa shape index (κ1) is 13.4. The van der Waals surface area contributed by atoms with Crippen LogP contribution in [0.25, 0.3) is 0 Å². The third-order valence-corrected chi connectivity index (χ3v) is 3.93. The van der Waals surface area contributed by atoms with Crippen LogP contribution in [0.2, 0.25) is 0 Å². The van der Waals surface area contributed by atoms with Gasteiger partial charge in [0.2, 0.25) is 5.91 Å². The maximum atomic E-state index is 12.3. The molecule has 1 aliphatic rings. The van der Waals surface area contributed by atoms with E-state index in [1.165, 1.54) is 0 Å². The minimum atomic E-state index is -0.738. The second-order valence-electron chi connectivity index (χ2n) is 4.57. The molecule has 5 heteroatoms. The first-order chi connectivity index (χ1) is 7.41. The van der Waals surface area contributed by atoms with Crippen molar-refractivity contribution in [2.75, 3.05) is 13.1 Å². The summed E-state index contributed by atoms with van der Waals surface area (Å²) in [5.41, 5.74) is 4.91. The zero-order valence-corrected chi connectivity index (χ0v) is 10.7. The fourth-order valence-electron chi connectivity index (χ4n) is 1.85. The maximum absolute atomic E-state index is 12.3. The minimum Gasteiger partial charge on any atom is -0.393 e. The van der Waals surface area contributed by atoms with Gasteiger partial charge in [-0.15, -0.1) is 0 Å². The van der Waals surface area contributed by atoms with Gasteiger partial charge in [0, 0.05) is 13.1 Å². The van der Waals surface area contributed by atoms with Crippen LogP contribution in [0.3, 0.4) is 0 Å². The normalized spacial score (nSPS) is 21.6. The van der Waals surface area contributed by atoms with Gasteiger partial charge in [-0.1, -0.05) is 19.1 Å². The molecule has 0 aromatic rings. The topological polar surface area (TPSA) is 66.6 Å². The van der Waals surface area contributed by atoms with Gasteiger partial charge >= 0.3 is 0 Å². The monoisotopic (exact) mass is 244 g/mol. The smallest absolute Gasteiger partial charge is 0.235 e. The van der Waals surface area contributed by atoms with Crippen LogP contribution in [0, 0.1) is 5.41 Å². The largest absolute Gasteiger partial charge is 0.393 e. The number of carbonyl (C=O) groups excluding carboxylic acids is 1. The van der Waals surface area contributed by atoms with Crippen LogP contribution in [0.1, 0.15) is 33.1 Å². The second kappa shape index (κ2) is 5.10. The summed E-state index contributed by atoms with van der Waals surface area (Å²) in [5.74, 6) is -0.00519. The Kier molecular flexibility index (Phi) is 4.27. The molecule has 16 heavy (non-hydrogen) atoms. The van der Waals surface area contributed by atoms with Gasteiger partial charge in [0.25, 0.3) is 0 Å². The molecule has 1 aliphatic heterocycles. The number of nitrogens with zero attached hydrogens (tertiary/aromatic N) is 1. The van der Waals surface area contributed by atoms with Crippen molar-refractivity contribution >= 4 is 23.1 Å². The number of hydrogen-bond donors (Lipinski definition) is 2. The quantitative estimate of drug-likeness (QED) is 0.716. The Bertz CT molecular complexity index is 288. The molecule has 1 unspecified atom stereocenters. The van der Waals surface area contributed by atoms with Crippen molar-refractivity contribution in [2.24, 2.45) is 11.1 Å². The van der Waals surface area contributed by atoms with Crippen molar-refractivity contribution in [1.82, 2.24) is 4.90 Å². The molecule has 3 N–H and O–H groups in total. The van der Waals surface area contributed by atoms with Gasteiger partial charge in [0.1, 0.15) is 0 Å². The van der Waals surface area contributed by atoms with E-state index in [-0.39, 0.29) is 17.0 Å². The van der Waals surface area contributed by atoms with Gasteiger partial charge in [-0.3, -0.25) is 4.79 Å². The molecule has 0 aromatic carbocycles. The Balaban J connectivity index is 2.73. The summed E-state index contributed by atoms with van der Waals surface area (Å²) in [7, 11) is 0. The molecule has 1 saturated heterocycles. The molecule has 0 aliphatic carbocycles. The number of rotatable bonds is 3. The van der Waals surface area contributed by atoms with Crippen molar-refractivity contribution in [2.45, 2.75) is 39.2 Å². The highest BCUT2D eigenvalue weighted by Gasteiger charge is 2.38. The van der Waals surface area contributed by atoms with Gasteiger partial charge in [0.05, 0.1) is 16.5 Å². The van der Waals surface area contributed by atoms with E-state index in [1.807, 2.05) is 6.92 Å². The summed E-state index contributed by atoms with van der Waals surface area (Å²) in [6.07, 6.45) is 1.62. The van der Waals surface area contributed by atoms with E-state index in [4.69, 9.17) is 18.0 Å². The van der Waals surface area contributed by atoms with Crippen LogP contribution < -0.4 is 5.73 Å². The number of aliphatic hydroxyl groups excluding tert-OH is 1. The molecule has 0 aromatic heterocycles. The van der Waals surface area contributed by atoms with Crippen LogP contribution in [-0.4, -0.2) is 40.1 Å². The number of nitrogens with two attached hydrogens (primary N) is 1. The van der Waals surface area contributed by atoms with Gasteiger partial charge in [-0.2, -0.15) is 0 Å². The molecule has 1 fully saturated rings. The number of amides is 1. The summed E-state index contributed by atoms with van der Waals surface area (Å²) in [4.78, 5) is 14.3. The van der Waals surface area contributed by atoms with E-state index in [9.17, 15) is 9.90 Å². The van der Waals surface area contributed by atoms with Crippen LogP contribution in [0.4, 0.5) is 0 Å². The lowest BCUT2D eigenvalue weighted by molar-refractivity contribution is -0.139. The molecule has 0 spiro atoms. The summed E-state index contributed by atoms with van der Waals surface area (Å²) in [5, 5.41) is 9.39. The predicted octanol–water partition coefficient (Wildman–Crippen LogP) is 0.672. The van der Waals surface area contributed by atoms with Gasteiger partial charge in [-0.25, -0.2) is 0 Å². The fraction of sp³-hybridized carbons (Fsp3) is 0.818. The maximum Gasteiger partial charge on any atom is 0.235 e. The van der Waals surface area contributed by atoms with Gasteiger partial charge in [-0.05, 0) is 26.2 Å². The Labute approximate surface area is 102 Å². The molecule has 0 bridgehead atoms. The summed E-state index contributed by atoms with van der Waals surface area (Å²) in [6.45, 7) is 4.90. The molecule has 0 radical (unpaired) electrons. The predicted molar refractivity (Wildman–Crippen MR) is 67.0 cm³/mol. The summed E-state index contributed by atoms with van der Waals surface area (Å²) in [6, 6.07) is 0. The first-order valence-corrected chi connectivity index (χ1v) is 6.10. The van der Waals surface area contributed by atoms with Crippen molar-refractivity contribution in [3.63, 3.8) is 0 Å². The molecule has 1 heterocycles. The average molecular weight is 244 g/mol. The number of likely N-dealkylation sites (tertiary alicyclic amines) is 1. The number of carbonyl (C=O) groups is 1. The first-order valence-electron chi connectivity index (χ1n) is 5.69. The van der Waals surface area contributed by atoms with Crippen molar-refractivity contribution in [3.05, 3.63) is 0 Å². The Morgan fingerprint density at radius 1 is 1.56 bits per heavy atom. The summed E-state index contributed by atoms with van der Waals surface area (Å²) >= 11 is 4.98. The number of hydrogen-bond acceptors (Lipinski definition) is 3. The molecule has 1 amide bonds. The highest BCUT2D eigenvalue weighted by atomic mass is 32.1. The molecular formula is C11H20N2O2S. The van der Waals surface area contributed by atoms with E-state index in [0.717, 1.165) is 0 Å². The molecular weight excluding hydrogens is 224 g/mol. The standard InChI is InChI=1S/C11H20N2O2S/c1-3-11(2,9(12)16)10(15)13-6-4-8(14)5-7-13/h8,14H,3-7H2,1-2H3,(H2,12,16). The second-order valence-corrected chi connectivity index (χ2v) is 5.01. The van der Waals surface area contributed by atoms with E-state index < -0.39 is 5.41 Å². The lowest BCUT2D eigenvalue weighted by Crippen LogP contribution is -2.51. The third kappa shape index (κ3) is 2.52. The van der Waals surface area contributed by atoms with E-state index >= 15 is 0 Å². The Hall–Kier alpha value is -0.680. The third-order valence-electron chi connectivity index (χ3n) is 3.47. The van der Waals surface area contributed by atoms with E-state index in [0.29, 0.717) is 32.4 Å². The zero-order chi connectivity index (χ0) is 12.3. The van der Waals surface area contributed by atoms with Crippen LogP contribution in [0.5, 0.6) is 0 Å². The Morgan fingerprint density at radius 2 is 2.06 bits per heavy atom. The number of piperidine rings is 1. The fourth-order valence-corrected chi connectivity index (χ4v) is 2.08. The molecule has 0 saturated carbocycles. The zero-order valence-electron chi connectivity index (χ0n) is 9.90. The summed E-state index contributed by atoms with van der Waals surface area (Å²) < 4.78 is 0. The lowest BCUT2D eigenvalue weighted by atomic mass is 9.85. The van der Waals surface area contributed by atoms with Gasteiger partial charge < -0.3 is 15.7 Å². The lowest BCUT2D eigenvalue weighted by Gasteiger charge is -2.36. The molecule has 1 atom stereocenters. The average Bonchev–Trinajstić information content (AvgIpc) is 2.27. The number of aliphatic hydroxyl groups is 1. The van der Waals surface area contributed by atoms with Crippen LogP contribution >= 0.6 is 12.2 Å². The molecule has 92 valence electrons. The van der Waals surface area contributed by atoms with Crippen molar-refractivity contribution in [1.29, 1.82) is 0 Å². The van der Waals surface area contributed by atoms with Gasteiger partial charge in [0.15, 0.2) is 0 Å². The van der Waals surface area contributed by atoms with E-state index in [2.05, 4.69) is 0 Å². The van der Waals surface area contributed by atoms with Crippen LogP contribution in [-0.2, 0) is 4.79 Å². The van der Waals surface area contributed by atoms with E-state index in [1.54, 1.807) is 11.8 Å². The number of thiocarbonyl (C=S) groups is 1. The highest BCUT2D eigenvalue weighted by molar-refractivity contribution is 7.80. The minimum absolute atomic E-state index is 0.00519. The molecule has 4 nitrogen and oxygen atoms in total. The SMILES string of the molecule is CCC(C)(C(=O)N1CCC(O)CC1)C(N)=S. The Morgan fingerprint density at radius 3 is 2.44 bits per heavy atom. The van der Waals surface area contributed by atoms with Crippen molar-refractivity contribution < 1.29 is 9.90 Å². The molecule has 1 rings (SSSR count). The van der Waals surface area contributed by atoms with Crippen LogP contribution in [0.15, 0.2) is 0 Å².